The molecule has 0 aliphatic rings. The van der Waals surface area contributed by atoms with Gasteiger partial charge in [-0.1, -0.05) is 0 Å². The summed E-state index contributed by atoms with van der Waals surface area (Å²) < 4.78 is 8.30. The van der Waals surface area contributed by atoms with Gasteiger partial charge < -0.3 is 9.76 Å². The number of hydrogen-bond acceptors (Lipinski definition) is 1. The molecule has 0 radical (unpaired) electrons. The van der Waals surface area contributed by atoms with Crippen LogP contribution >= 0.6 is 0 Å². The monoisotopic (exact) mass is 213 g/mol. The summed E-state index contributed by atoms with van der Waals surface area (Å²) in [5.41, 5.74) is 0. The third-order valence-corrected chi connectivity index (χ3v) is 0. The molecule has 0 spiro atoms. The zero-order valence-corrected chi connectivity index (χ0v) is 9.88. The average molecular weight is 213 g/mol. The predicted octanol–water partition coefficient (Wildman–Crippen LogP) is -3.83. The minimum absolute atomic E-state index is 0. The van der Waals surface area contributed by atoms with E-state index in [9.17, 15) is 0 Å². The molecule has 2 nitrogen and oxygen atoms in total. The van der Waals surface area contributed by atoms with Crippen LogP contribution in [0.15, 0.2) is 0 Å². The van der Waals surface area contributed by atoms with Crippen molar-refractivity contribution < 1.29 is 68.3 Å². The van der Waals surface area contributed by atoms with Crippen molar-refractivity contribution in [3.8, 4) is 0 Å². The Morgan fingerprint density at radius 2 is 1.33 bits per heavy atom. The second-order valence-electron chi connectivity index (χ2n) is 0. The second-order valence-corrected chi connectivity index (χ2v) is 0. The number of hydrogen-bond donors (Lipinski definition) is 0. The summed E-state index contributed by atoms with van der Waals surface area (Å²) in [6, 6.07) is 0. The molecule has 0 aromatic carbocycles. The van der Waals surface area contributed by atoms with Crippen molar-refractivity contribution in [2.75, 3.05) is 0 Å². The van der Waals surface area contributed by atoms with E-state index in [-0.39, 0.29) is 81.8 Å². The van der Waals surface area contributed by atoms with E-state index in [2.05, 4.69) is 0 Å². The normalized spacial score (nSPS) is 0.500. The van der Waals surface area contributed by atoms with Crippen LogP contribution in [0.3, 0.4) is 0 Å². The topological polar surface area (TPSA) is 48.6 Å². The molecule has 0 saturated heterocycles. The summed E-state index contributed by atoms with van der Waals surface area (Å²) in [4.78, 5) is 0. The van der Waals surface area contributed by atoms with Gasteiger partial charge in [0.2, 0.25) is 0 Å². The average Bonchev–Trinajstić information content (AvgIpc) is 1.00. The molecule has 0 rings (SSSR count). The first-order valence-electron chi connectivity index (χ1n) is 0.183. The first-order valence-corrected chi connectivity index (χ1v) is 1.08. The van der Waals surface area contributed by atoms with Crippen LogP contribution in [0.4, 0.5) is 4.70 Å². The van der Waals surface area contributed by atoms with E-state index in [4.69, 9.17) is 3.25 Å². The summed E-state index contributed by atoms with van der Waals surface area (Å²) in [5, 5.41) is 0. The predicted molar refractivity (Wildman–Crippen MR) is 15.9 cm³/mol. The third-order valence-electron chi connectivity index (χ3n) is 0. The van der Waals surface area contributed by atoms with E-state index in [1.807, 2.05) is 0 Å². The first kappa shape index (κ1) is 37.7. The van der Waals surface area contributed by atoms with Gasteiger partial charge in [-0.25, -0.2) is 0 Å². The van der Waals surface area contributed by atoms with Crippen LogP contribution in [-0.4, -0.2) is 43.2 Å². The summed E-state index contributed by atoms with van der Waals surface area (Å²) in [6.07, 6.45) is 0. The fraction of sp³-hybridized carbons (Fsp3) is 0. The zero-order chi connectivity index (χ0) is 2.00. The van der Waals surface area contributed by atoms with Crippen LogP contribution in [0, 0.1) is 0 Å². The maximum atomic E-state index is 8.30. The van der Waals surface area contributed by atoms with Gasteiger partial charge in [0.25, 0.3) is 0 Å². The summed E-state index contributed by atoms with van der Waals surface area (Å²) in [7, 11) is 0. The van der Waals surface area contributed by atoms with E-state index in [0.717, 1.165) is 0 Å². The Morgan fingerprint density at radius 1 is 1.33 bits per heavy atom. The van der Waals surface area contributed by atoms with Gasteiger partial charge in [-0.15, -0.1) is 0 Å². The Hall–Kier alpha value is 2.69. The molecule has 0 saturated carbocycles. The fourth-order valence-corrected chi connectivity index (χ4v) is 0. The molecule has 0 aromatic rings. The molecule has 6 heavy (non-hydrogen) atoms. The Morgan fingerprint density at radius 3 is 1.33 bits per heavy atom. The zero-order valence-electron chi connectivity index (χ0n) is 6.47. The molecule has 33 valence electrons. The summed E-state index contributed by atoms with van der Waals surface area (Å²) in [6.45, 7) is 0. The molecular formula is H6CaFNaNbO2. The van der Waals surface area contributed by atoms with Gasteiger partial charge in [0.1, 0.15) is 0 Å². The van der Waals surface area contributed by atoms with Gasteiger partial charge in [-0.05, 0) is 0 Å². The van der Waals surface area contributed by atoms with Crippen LogP contribution in [0.1, 0.15) is 4.28 Å². The molecule has 0 atom stereocenters. The molecule has 6 heteroatoms. The van der Waals surface area contributed by atoms with E-state index >= 15 is 0 Å². The van der Waals surface area contributed by atoms with Crippen molar-refractivity contribution in [2.24, 2.45) is 0 Å². The minimum atomic E-state index is 0. The fourth-order valence-electron chi connectivity index (χ4n) is 0. The molecule has 0 bridgehead atoms. The van der Waals surface area contributed by atoms with Gasteiger partial charge in [-0.2, -0.15) is 0 Å². The summed E-state index contributed by atoms with van der Waals surface area (Å²) >= 11 is 0.500. The molecular weight excluding hydrogens is 207 g/mol. The first-order chi connectivity index (χ1) is 1.00. The number of halogens is 1. The maximum absolute atomic E-state index is 8.30. The SMILES string of the molecule is F.O.[Ca+2].[H-].[H-].[H-].[Na+].[O]=[Nb]. The van der Waals surface area contributed by atoms with Crippen molar-refractivity contribution in [1.29, 1.82) is 0 Å². The molecule has 0 aliphatic carbocycles. The van der Waals surface area contributed by atoms with Crippen LogP contribution < -0.4 is 29.6 Å². The van der Waals surface area contributed by atoms with E-state index in [0.29, 0.717) is 21.0 Å². The standard InChI is InChI=1S/Ca.FH.Na.Nb.H2O.O.3H/h;1H;;;1H2;;;;/q+2;;+1;;;;3*-1. The van der Waals surface area contributed by atoms with Gasteiger partial charge in [0.05, 0.1) is 0 Å². The Bertz CT molecular complexity index is 21.8. The van der Waals surface area contributed by atoms with E-state index in [1.165, 1.54) is 0 Å². The van der Waals surface area contributed by atoms with Crippen molar-refractivity contribution in [1.82, 2.24) is 0 Å². The quantitative estimate of drug-likeness (QED) is 0.380. The van der Waals surface area contributed by atoms with E-state index < -0.39 is 0 Å². The van der Waals surface area contributed by atoms with Crippen LogP contribution in [0.25, 0.3) is 0 Å². The second kappa shape index (κ2) is 47.6. The van der Waals surface area contributed by atoms with Gasteiger partial charge in [0.15, 0.2) is 0 Å². The van der Waals surface area contributed by atoms with Crippen LogP contribution in [0.2, 0.25) is 0 Å². The Kier molecular flexibility index (Phi) is 299. The van der Waals surface area contributed by atoms with Crippen molar-refractivity contribution in [3.05, 3.63) is 0 Å². The Labute approximate surface area is 104 Å². The molecule has 0 heterocycles. The molecule has 0 fully saturated rings. The molecule has 2 N–H and O–H groups in total. The molecule has 0 aliphatic heterocycles. The summed E-state index contributed by atoms with van der Waals surface area (Å²) in [5.74, 6) is 0. The number of rotatable bonds is 0. The van der Waals surface area contributed by atoms with E-state index in [1.54, 1.807) is 0 Å². The Balaban J connectivity index is -0.000000000238. The van der Waals surface area contributed by atoms with Gasteiger partial charge >= 0.3 is 91.6 Å². The van der Waals surface area contributed by atoms with Gasteiger partial charge in [-0.3, -0.25) is 4.70 Å². The molecule has 0 aromatic heterocycles. The van der Waals surface area contributed by atoms with Crippen LogP contribution in [0.5, 0.6) is 0 Å². The van der Waals surface area contributed by atoms with Crippen molar-refractivity contribution in [3.63, 3.8) is 0 Å². The van der Waals surface area contributed by atoms with Crippen molar-refractivity contribution in [2.45, 2.75) is 0 Å². The molecule has 0 unspecified atom stereocenters. The van der Waals surface area contributed by atoms with Crippen molar-refractivity contribution >= 4 is 37.7 Å². The third kappa shape index (κ3) is 29.9. The van der Waals surface area contributed by atoms with Gasteiger partial charge in [0, 0.05) is 0 Å². The van der Waals surface area contributed by atoms with Crippen LogP contribution in [-0.2, 0) is 24.3 Å². The molecule has 0 amide bonds.